The second-order valence-corrected chi connectivity index (χ2v) is 8.86. The molecule has 2 bridgehead atoms. The van der Waals surface area contributed by atoms with Gasteiger partial charge in [-0.3, -0.25) is 0 Å². The molecule has 5 nitrogen and oxygen atoms in total. The van der Waals surface area contributed by atoms with Crippen LogP contribution in [-0.4, -0.2) is 58.5 Å². The van der Waals surface area contributed by atoms with Gasteiger partial charge in [0.1, 0.15) is 5.75 Å². The first-order valence-corrected chi connectivity index (χ1v) is 11.1. The van der Waals surface area contributed by atoms with Crippen LogP contribution < -0.4 is 0 Å². The summed E-state index contributed by atoms with van der Waals surface area (Å²) < 4.78 is 21.7. The van der Waals surface area contributed by atoms with E-state index in [-0.39, 0.29) is 0 Å². The molecule has 0 heterocycles. The molecule has 2 aliphatic rings. The van der Waals surface area contributed by atoms with Crippen molar-refractivity contribution in [3.63, 3.8) is 0 Å². The number of phenolic OH excluding ortho intramolecular Hbond substituents is 1. The van der Waals surface area contributed by atoms with Crippen molar-refractivity contribution >= 4 is 0 Å². The molecule has 0 saturated heterocycles. The number of aromatic hydroxyl groups is 1. The molecular weight excluding hydrogens is 368 g/mol. The van der Waals surface area contributed by atoms with E-state index < -0.39 is 0 Å². The van der Waals surface area contributed by atoms with Crippen molar-refractivity contribution in [2.45, 2.75) is 44.9 Å². The molecule has 0 aliphatic heterocycles. The van der Waals surface area contributed by atoms with Crippen LogP contribution in [0.25, 0.3) is 0 Å². The summed E-state index contributed by atoms with van der Waals surface area (Å²) in [5.74, 6) is 3.66. The van der Waals surface area contributed by atoms with E-state index in [9.17, 15) is 5.11 Å². The zero-order valence-corrected chi connectivity index (χ0v) is 18.3. The van der Waals surface area contributed by atoms with E-state index in [2.05, 4.69) is 26.0 Å². The van der Waals surface area contributed by atoms with Gasteiger partial charge in [0.05, 0.1) is 39.6 Å². The minimum absolute atomic E-state index is 0.355. The van der Waals surface area contributed by atoms with Crippen LogP contribution in [0.3, 0.4) is 0 Å². The van der Waals surface area contributed by atoms with Crippen molar-refractivity contribution in [1.82, 2.24) is 0 Å². The Kier molecular flexibility index (Phi) is 8.79. The maximum absolute atomic E-state index is 10.1. The average molecular weight is 407 g/mol. The highest BCUT2D eigenvalue weighted by Crippen LogP contribution is 2.56. The topological polar surface area (TPSA) is 57.2 Å². The number of fused-ring (bicyclic) bond motifs is 2. The number of benzene rings is 1. The van der Waals surface area contributed by atoms with Crippen molar-refractivity contribution in [3.8, 4) is 5.75 Å². The Morgan fingerprint density at radius 3 is 2.21 bits per heavy atom. The van der Waals surface area contributed by atoms with Crippen molar-refractivity contribution in [3.05, 3.63) is 29.3 Å². The van der Waals surface area contributed by atoms with E-state index in [1.54, 1.807) is 7.11 Å². The first-order chi connectivity index (χ1) is 14.1. The van der Waals surface area contributed by atoms with Gasteiger partial charge in [0, 0.05) is 13.7 Å². The van der Waals surface area contributed by atoms with Gasteiger partial charge in [0.2, 0.25) is 0 Å². The minimum atomic E-state index is 0.355. The van der Waals surface area contributed by atoms with E-state index >= 15 is 0 Å². The molecule has 2 fully saturated rings. The van der Waals surface area contributed by atoms with Crippen LogP contribution in [0.2, 0.25) is 0 Å². The minimum Gasteiger partial charge on any atom is -0.508 e. The summed E-state index contributed by atoms with van der Waals surface area (Å²) in [6.45, 7) is 8.88. The summed E-state index contributed by atoms with van der Waals surface area (Å²) in [5, 5.41) is 10.1. The zero-order chi connectivity index (χ0) is 20.6. The molecule has 2 aliphatic carbocycles. The van der Waals surface area contributed by atoms with Gasteiger partial charge in [0.25, 0.3) is 0 Å². The highest BCUT2D eigenvalue weighted by atomic mass is 16.6. The van der Waals surface area contributed by atoms with E-state index in [0.717, 1.165) is 24.0 Å². The average Bonchev–Trinajstić information content (AvgIpc) is 3.30. The van der Waals surface area contributed by atoms with Gasteiger partial charge in [-0.05, 0) is 66.0 Å². The first-order valence-electron chi connectivity index (χ1n) is 11.1. The van der Waals surface area contributed by atoms with Gasteiger partial charge in [-0.15, -0.1) is 0 Å². The van der Waals surface area contributed by atoms with Crippen LogP contribution >= 0.6 is 0 Å². The molecule has 5 heteroatoms. The van der Waals surface area contributed by atoms with Gasteiger partial charge in [0.15, 0.2) is 0 Å². The van der Waals surface area contributed by atoms with Crippen LogP contribution in [0, 0.1) is 17.8 Å². The predicted molar refractivity (Wildman–Crippen MR) is 114 cm³/mol. The Balaban J connectivity index is 1.32. The number of ether oxygens (including phenoxy) is 4. The molecule has 0 radical (unpaired) electrons. The summed E-state index contributed by atoms with van der Waals surface area (Å²) in [7, 11) is 1.67. The molecular formula is C24H38O5. The SMILES string of the molecule is COCCOCCOCCOCC1CC2CC1CC2c1ccc(O)c(C(C)C)c1. The number of phenols is 1. The highest BCUT2D eigenvalue weighted by molar-refractivity contribution is 5.40. The molecule has 0 spiro atoms. The van der Waals surface area contributed by atoms with Gasteiger partial charge in [-0.25, -0.2) is 0 Å². The molecule has 1 N–H and O–H groups in total. The fourth-order valence-electron chi connectivity index (χ4n) is 5.09. The first kappa shape index (κ1) is 22.5. The summed E-state index contributed by atoms with van der Waals surface area (Å²) in [5.41, 5.74) is 2.49. The lowest BCUT2D eigenvalue weighted by Gasteiger charge is -2.28. The maximum atomic E-state index is 10.1. The third-order valence-corrected chi connectivity index (χ3v) is 6.61. The van der Waals surface area contributed by atoms with Crippen molar-refractivity contribution in [2.75, 3.05) is 53.4 Å². The lowest BCUT2D eigenvalue weighted by Crippen LogP contribution is -2.22. The highest BCUT2D eigenvalue weighted by Gasteiger charge is 2.46. The number of methoxy groups -OCH3 is 1. The Labute approximate surface area is 175 Å². The Hall–Kier alpha value is -1.14. The Bertz CT molecular complexity index is 617. The number of hydrogen-bond donors (Lipinski definition) is 1. The Morgan fingerprint density at radius 1 is 0.897 bits per heavy atom. The number of hydrogen-bond acceptors (Lipinski definition) is 5. The molecule has 0 amide bonds. The molecule has 3 rings (SSSR count). The Morgan fingerprint density at radius 2 is 1.59 bits per heavy atom. The number of rotatable bonds is 13. The normalized spacial score (nSPS) is 25.9. The second kappa shape index (κ2) is 11.3. The zero-order valence-electron chi connectivity index (χ0n) is 18.3. The molecule has 4 unspecified atom stereocenters. The lowest BCUT2D eigenvalue weighted by atomic mass is 9.78. The van der Waals surface area contributed by atoms with E-state index in [4.69, 9.17) is 18.9 Å². The quantitative estimate of drug-likeness (QED) is 0.494. The fraction of sp³-hybridized carbons (Fsp3) is 0.750. The molecule has 1 aromatic carbocycles. The molecule has 29 heavy (non-hydrogen) atoms. The van der Waals surface area contributed by atoms with Gasteiger partial charge in [-0.2, -0.15) is 0 Å². The van der Waals surface area contributed by atoms with Gasteiger partial charge in [-0.1, -0.05) is 26.0 Å². The van der Waals surface area contributed by atoms with Crippen LogP contribution in [-0.2, 0) is 18.9 Å². The largest absolute Gasteiger partial charge is 0.508 e. The maximum Gasteiger partial charge on any atom is 0.119 e. The third-order valence-electron chi connectivity index (χ3n) is 6.61. The van der Waals surface area contributed by atoms with Crippen LogP contribution in [0.1, 0.15) is 56.1 Å². The summed E-state index contributed by atoms with van der Waals surface area (Å²) in [6.07, 6.45) is 3.85. The monoisotopic (exact) mass is 406 g/mol. The summed E-state index contributed by atoms with van der Waals surface area (Å²) >= 11 is 0. The fourth-order valence-corrected chi connectivity index (χ4v) is 5.09. The van der Waals surface area contributed by atoms with Gasteiger partial charge < -0.3 is 24.1 Å². The van der Waals surface area contributed by atoms with Crippen LogP contribution in [0.5, 0.6) is 5.75 Å². The lowest BCUT2D eigenvalue weighted by molar-refractivity contribution is -0.00508. The van der Waals surface area contributed by atoms with Crippen LogP contribution in [0.15, 0.2) is 18.2 Å². The molecule has 164 valence electrons. The molecule has 1 aromatic rings. The molecule has 2 saturated carbocycles. The summed E-state index contributed by atoms with van der Waals surface area (Å²) in [6, 6.07) is 6.27. The van der Waals surface area contributed by atoms with Crippen molar-refractivity contribution in [2.24, 2.45) is 17.8 Å². The smallest absolute Gasteiger partial charge is 0.119 e. The van der Waals surface area contributed by atoms with Crippen molar-refractivity contribution < 1.29 is 24.1 Å². The van der Waals surface area contributed by atoms with E-state index in [0.29, 0.717) is 63.1 Å². The third kappa shape index (κ3) is 6.17. The molecule has 4 atom stereocenters. The standard InChI is InChI=1S/C24H38O5/c1-17(2)22-14-18(4-5-24(22)25)23-15-19-12-20(23)13-21(19)16-29-11-10-28-9-8-27-7-6-26-3/h4-5,14,17,19-21,23,25H,6-13,15-16H2,1-3H3. The van der Waals surface area contributed by atoms with Crippen molar-refractivity contribution in [1.29, 1.82) is 0 Å². The second-order valence-electron chi connectivity index (χ2n) is 8.86. The van der Waals surface area contributed by atoms with Gasteiger partial charge >= 0.3 is 0 Å². The molecule has 0 aromatic heterocycles. The summed E-state index contributed by atoms with van der Waals surface area (Å²) in [4.78, 5) is 0. The van der Waals surface area contributed by atoms with Crippen LogP contribution in [0.4, 0.5) is 0 Å². The predicted octanol–water partition coefficient (Wildman–Crippen LogP) is 4.34. The van der Waals surface area contributed by atoms with E-state index in [1.807, 2.05) is 6.07 Å². The van der Waals surface area contributed by atoms with E-state index in [1.165, 1.54) is 24.8 Å².